The van der Waals surface area contributed by atoms with Gasteiger partial charge >= 0.3 is 5.97 Å². The van der Waals surface area contributed by atoms with E-state index in [1.54, 1.807) is 43.6 Å². The van der Waals surface area contributed by atoms with Crippen molar-refractivity contribution in [3.63, 3.8) is 0 Å². The lowest BCUT2D eigenvalue weighted by Crippen LogP contribution is -2.44. The van der Waals surface area contributed by atoms with Gasteiger partial charge in [-0.3, -0.25) is 4.79 Å². The Kier molecular flexibility index (Phi) is 5.89. The van der Waals surface area contributed by atoms with Crippen molar-refractivity contribution in [2.24, 2.45) is 5.92 Å². The third-order valence-corrected chi connectivity index (χ3v) is 5.31. The van der Waals surface area contributed by atoms with Crippen LogP contribution in [0.4, 0.5) is 5.82 Å². The average molecular weight is 398 g/mol. The fourth-order valence-electron chi connectivity index (χ4n) is 2.81. The number of carbonyl (C=O) groups is 2. The van der Waals surface area contributed by atoms with E-state index in [2.05, 4.69) is 26.7 Å². The molecule has 1 aromatic carbocycles. The Bertz CT molecular complexity index is 998. The summed E-state index contributed by atoms with van der Waals surface area (Å²) in [4.78, 5) is 34.3. The summed E-state index contributed by atoms with van der Waals surface area (Å²) in [7, 11) is 0. The third-order valence-electron chi connectivity index (χ3n) is 4.35. The van der Waals surface area contributed by atoms with Gasteiger partial charge in [-0.15, -0.1) is 11.3 Å². The smallest absolute Gasteiger partial charge is 0.326 e. The van der Waals surface area contributed by atoms with Gasteiger partial charge in [-0.05, 0) is 36.6 Å². The summed E-state index contributed by atoms with van der Waals surface area (Å²) in [5.74, 6) is -0.858. The van der Waals surface area contributed by atoms with E-state index >= 15 is 0 Å². The maximum absolute atomic E-state index is 12.3. The van der Waals surface area contributed by atoms with E-state index in [1.807, 2.05) is 19.1 Å². The first kappa shape index (κ1) is 19.8. The Morgan fingerprint density at radius 3 is 2.54 bits per heavy atom. The Hall–Kier alpha value is -3.00. The zero-order chi connectivity index (χ0) is 20.3. The van der Waals surface area contributed by atoms with Gasteiger partial charge in [-0.2, -0.15) is 0 Å². The van der Waals surface area contributed by atoms with Gasteiger partial charge in [0.25, 0.3) is 5.91 Å². The average Bonchev–Trinajstić information content (AvgIpc) is 3.04. The highest BCUT2D eigenvalue weighted by Crippen LogP contribution is 2.27. The molecule has 0 spiro atoms. The lowest BCUT2D eigenvalue weighted by atomic mass is 10.0. The van der Waals surface area contributed by atoms with Gasteiger partial charge in [0, 0.05) is 17.0 Å². The Morgan fingerprint density at radius 1 is 1.18 bits per heavy atom. The SMILES string of the molecule is Cc1cc2c(NCc3ccc(C(=O)NC(C(=O)O)C(C)C)cc3)ncnc2s1. The number of aromatic nitrogens is 2. The fraction of sp³-hybridized carbons (Fsp3) is 0.300. The molecule has 0 fully saturated rings. The van der Waals surface area contributed by atoms with Gasteiger partial charge in [0.05, 0.1) is 5.39 Å². The quantitative estimate of drug-likeness (QED) is 0.563. The van der Waals surface area contributed by atoms with Gasteiger partial charge in [0.15, 0.2) is 0 Å². The lowest BCUT2D eigenvalue weighted by Gasteiger charge is -2.18. The first-order valence-corrected chi connectivity index (χ1v) is 9.74. The van der Waals surface area contributed by atoms with Crippen LogP contribution in [-0.2, 0) is 11.3 Å². The highest BCUT2D eigenvalue weighted by atomic mass is 32.1. The molecule has 0 radical (unpaired) electrons. The van der Waals surface area contributed by atoms with Gasteiger partial charge in [-0.25, -0.2) is 14.8 Å². The fourth-order valence-corrected chi connectivity index (χ4v) is 3.66. The molecule has 0 aliphatic carbocycles. The molecule has 0 saturated carbocycles. The predicted molar refractivity (Wildman–Crippen MR) is 110 cm³/mol. The van der Waals surface area contributed by atoms with E-state index in [9.17, 15) is 14.7 Å². The summed E-state index contributed by atoms with van der Waals surface area (Å²) in [6, 6.07) is 8.20. The summed E-state index contributed by atoms with van der Waals surface area (Å²) < 4.78 is 0. The number of carbonyl (C=O) groups excluding carboxylic acids is 1. The minimum absolute atomic E-state index is 0.199. The minimum atomic E-state index is -1.04. The number of benzene rings is 1. The molecule has 3 rings (SSSR count). The molecule has 8 heteroatoms. The van der Waals surface area contributed by atoms with E-state index in [0.29, 0.717) is 12.1 Å². The van der Waals surface area contributed by atoms with Crippen molar-refractivity contribution in [2.45, 2.75) is 33.4 Å². The van der Waals surface area contributed by atoms with Crippen LogP contribution in [0.1, 0.15) is 34.6 Å². The Labute approximate surface area is 166 Å². The molecule has 3 aromatic rings. The van der Waals surface area contributed by atoms with Crippen molar-refractivity contribution in [2.75, 3.05) is 5.32 Å². The molecule has 0 aliphatic heterocycles. The van der Waals surface area contributed by atoms with Crippen LogP contribution in [0.3, 0.4) is 0 Å². The molecule has 7 nitrogen and oxygen atoms in total. The zero-order valence-electron chi connectivity index (χ0n) is 15.9. The number of nitrogens with one attached hydrogen (secondary N) is 2. The normalized spacial score (nSPS) is 12.1. The van der Waals surface area contributed by atoms with Crippen LogP contribution in [0.5, 0.6) is 0 Å². The largest absolute Gasteiger partial charge is 0.480 e. The lowest BCUT2D eigenvalue weighted by molar-refractivity contribution is -0.140. The number of rotatable bonds is 7. The van der Waals surface area contributed by atoms with Crippen LogP contribution in [0.15, 0.2) is 36.7 Å². The number of carboxylic acids is 1. The summed E-state index contributed by atoms with van der Waals surface area (Å²) in [6.07, 6.45) is 1.54. The molecular weight excluding hydrogens is 376 g/mol. The van der Waals surface area contributed by atoms with Crippen molar-refractivity contribution >= 4 is 39.2 Å². The standard InChI is InChI=1S/C20H22N4O3S/c1-11(2)16(20(26)27)24-18(25)14-6-4-13(5-7-14)9-21-17-15-8-12(3)28-19(15)23-10-22-17/h4-8,10-11,16H,9H2,1-3H3,(H,24,25)(H,26,27)(H,21,22,23). The molecule has 0 saturated heterocycles. The molecule has 1 amide bonds. The number of hydrogen-bond acceptors (Lipinski definition) is 6. The van der Waals surface area contributed by atoms with Crippen LogP contribution >= 0.6 is 11.3 Å². The van der Waals surface area contributed by atoms with Crippen molar-refractivity contribution < 1.29 is 14.7 Å². The highest BCUT2D eigenvalue weighted by molar-refractivity contribution is 7.18. The van der Waals surface area contributed by atoms with Crippen LogP contribution in [0, 0.1) is 12.8 Å². The maximum Gasteiger partial charge on any atom is 0.326 e. The van der Waals surface area contributed by atoms with Crippen LogP contribution in [0.2, 0.25) is 0 Å². The second-order valence-electron chi connectivity index (χ2n) is 6.88. The summed E-state index contributed by atoms with van der Waals surface area (Å²) in [5, 5.41) is 16.1. The summed E-state index contributed by atoms with van der Waals surface area (Å²) in [6.45, 7) is 6.10. The zero-order valence-corrected chi connectivity index (χ0v) is 16.7. The van der Waals surface area contributed by atoms with Gasteiger partial charge in [0.1, 0.15) is 23.0 Å². The first-order chi connectivity index (χ1) is 13.3. The molecule has 0 bridgehead atoms. The number of amides is 1. The van der Waals surface area contributed by atoms with Crippen LogP contribution in [-0.4, -0.2) is 33.0 Å². The van der Waals surface area contributed by atoms with E-state index in [-0.39, 0.29) is 5.92 Å². The van der Waals surface area contributed by atoms with Crippen LogP contribution in [0.25, 0.3) is 10.2 Å². The van der Waals surface area contributed by atoms with Gasteiger partial charge < -0.3 is 15.7 Å². The van der Waals surface area contributed by atoms with E-state index in [0.717, 1.165) is 21.6 Å². The number of nitrogens with zero attached hydrogens (tertiary/aromatic N) is 2. The molecule has 2 aromatic heterocycles. The van der Waals surface area contributed by atoms with E-state index in [1.165, 1.54) is 4.88 Å². The van der Waals surface area contributed by atoms with Crippen molar-refractivity contribution in [1.82, 2.24) is 15.3 Å². The monoisotopic (exact) mass is 398 g/mol. The number of fused-ring (bicyclic) bond motifs is 1. The number of anilines is 1. The Balaban J connectivity index is 1.65. The molecule has 28 heavy (non-hydrogen) atoms. The molecule has 2 heterocycles. The van der Waals surface area contributed by atoms with Crippen LogP contribution < -0.4 is 10.6 Å². The highest BCUT2D eigenvalue weighted by Gasteiger charge is 2.23. The number of hydrogen-bond donors (Lipinski definition) is 3. The summed E-state index contributed by atoms with van der Waals surface area (Å²) in [5.41, 5.74) is 1.41. The minimum Gasteiger partial charge on any atom is -0.480 e. The predicted octanol–water partition coefficient (Wildman–Crippen LogP) is 3.45. The van der Waals surface area contributed by atoms with Gasteiger partial charge in [0.2, 0.25) is 0 Å². The molecule has 0 aliphatic rings. The molecule has 146 valence electrons. The van der Waals surface area contributed by atoms with Crippen molar-refractivity contribution in [1.29, 1.82) is 0 Å². The topological polar surface area (TPSA) is 104 Å². The van der Waals surface area contributed by atoms with Gasteiger partial charge in [-0.1, -0.05) is 26.0 Å². The van der Waals surface area contributed by atoms with Crippen molar-refractivity contribution in [3.8, 4) is 0 Å². The molecule has 1 unspecified atom stereocenters. The third kappa shape index (κ3) is 4.45. The van der Waals surface area contributed by atoms with E-state index in [4.69, 9.17) is 0 Å². The Morgan fingerprint density at radius 2 is 1.89 bits per heavy atom. The molecule has 1 atom stereocenters. The molecular formula is C20H22N4O3S. The first-order valence-electron chi connectivity index (χ1n) is 8.92. The number of aliphatic carboxylic acids is 1. The van der Waals surface area contributed by atoms with E-state index < -0.39 is 17.9 Å². The second kappa shape index (κ2) is 8.35. The van der Waals surface area contributed by atoms with Crippen molar-refractivity contribution in [3.05, 3.63) is 52.7 Å². The number of carboxylic acid groups (broad SMARTS) is 1. The number of aryl methyl sites for hydroxylation is 1. The summed E-state index contributed by atoms with van der Waals surface area (Å²) >= 11 is 1.62. The maximum atomic E-state index is 12.3. The molecule has 3 N–H and O–H groups in total. The number of thiophene rings is 1. The second-order valence-corrected chi connectivity index (χ2v) is 8.12.